The molecule has 124 valence electrons. The van der Waals surface area contributed by atoms with E-state index in [-0.39, 0.29) is 12.4 Å². The summed E-state index contributed by atoms with van der Waals surface area (Å²) in [6.45, 7) is 1.57. The van der Waals surface area contributed by atoms with Gasteiger partial charge in [0.2, 0.25) is 10.0 Å². The van der Waals surface area contributed by atoms with Crippen LogP contribution in [0, 0.1) is 18.6 Å². The summed E-state index contributed by atoms with van der Waals surface area (Å²) >= 11 is 0. The second-order valence-corrected chi connectivity index (χ2v) is 6.87. The van der Waals surface area contributed by atoms with E-state index < -0.39 is 26.6 Å². The van der Waals surface area contributed by atoms with Gasteiger partial charge in [-0.25, -0.2) is 31.9 Å². The zero-order chi connectivity index (χ0) is 17.2. The molecule has 0 amide bonds. The van der Waals surface area contributed by atoms with Crippen molar-refractivity contribution in [2.45, 2.75) is 18.4 Å². The van der Waals surface area contributed by atoms with Crippen LogP contribution in [0.5, 0.6) is 0 Å². The fraction of sp³-hybridized carbons (Fsp3) is 0.286. The van der Waals surface area contributed by atoms with E-state index >= 15 is 0 Å². The molecule has 0 aliphatic rings. The summed E-state index contributed by atoms with van der Waals surface area (Å²) in [6, 6.07) is 3.84. The summed E-state index contributed by atoms with van der Waals surface area (Å²) in [7, 11) is -0.479. The Morgan fingerprint density at radius 3 is 2.26 bits per heavy atom. The van der Waals surface area contributed by atoms with Crippen molar-refractivity contribution in [1.82, 2.24) is 14.7 Å². The van der Waals surface area contributed by atoms with Gasteiger partial charge in [0.25, 0.3) is 0 Å². The number of aryl methyl sites for hydroxylation is 1. The van der Waals surface area contributed by atoms with Crippen LogP contribution in [0.2, 0.25) is 0 Å². The molecule has 1 aromatic carbocycles. The molecule has 1 heterocycles. The summed E-state index contributed by atoms with van der Waals surface area (Å²) in [5.74, 6) is -1.04. The predicted molar refractivity (Wildman–Crippen MR) is 81.5 cm³/mol. The maximum Gasteiger partial charge on any atom is 0.241 e. The third-order valence-corrected chi connectivity index (χ3v) is 4.29. The molecule has 0 saturated carbocycles. The second kappa shape index (κ2) is 6.55. The van der Waals surface area contributed by atoms with Gasteiger partial charge in [0.05, 0.1) is 11.4 Å². The number of nitrogens with one attached hydrogen (secondary N) is 1. The lowest BCUT2D eigenvalue weighted by Gasteiger charge is -2.13. The highest BCUT2D eigenvalue weighted by Gasteiger charge is 2.17. The molecule has 0 aliphatic heterocycles. The van der Waals surface area contributed by atoms with Crippen LogP contribution in [0.1, 0.15) is 11.5 Å². The first-order valence-corrected chi connectivity index (χ1v) is 8.13. The van der Waals surface area contributed by atoms with Crippen molar-refractivity contribution in [1.29, 1.82) is 0 Å². The Morgan fingerprint density at radius 2 is 1.70 bits per heavy atom. The number of hydrogen-bond donors (Lipinski definition) is 1. The number of sulfonamides is 1. The van der Waals surface area contributed by atoms with Crippen molar-refractivity contribution in [3.05, 3.63) is 47.4 Å². The topological polar surface area (TPSA) is 75.2 Å². The Bertz CT molecular complexity index is 805. The minimum Gasteiger partial charge on any atom is -0.363 e. The molecule has 2 rings (SSSR count). The maximum absolute atomic E-state index is 13.2. The Morgan fingerprint density at radius 1 is 1.09 bits per heavy atom. The molecule has 2 aromatic rings. The quantitative estimate of drug-likeness (QED) is 0.893. The van der Waals surface area contributed by atoms with E-state index in [0.29, 0.717) is 17.6 Å². The monoisotopic (exact) mass is 342 g/mol. The lowest BCUT2D eigenvalue weighted by atomic mass is 10.3. The van der Waals surface area contributed by atoms with Gasteiger partial charge in [-0.15, -0.1) is 0 Å². The predicted octanol–water partition coefficient (Wildman–Crippen LogP) is 1.61. The van der Waals surface area contributed by atoms with Gasteiger partial charge in [-0.3, -0.25) is 0 Å². The fourth-order valence-electron chi connectivity index (χ4n) is 1.85. The van der Waals surface area contributed by atoms with Crippen molar-refractivity contribution >= 4 is 15.8 Å². The minimum atomic E-state index is -4.07. The smallest absolute Gasteiger partial charge is 0.241 e. The van der Waals surface area contributed by atoms with Crippen LogP contribution in [0.4, 0.5) is 14.6 Å². The molecule has 6 nitrogen and oxygen atoms in total. The van der Waals surface area contributed by atoms with Gasteiger partial charge in [-0.1, -0.05) is 0 Å². The van der Waals surface area contributed by atoms with Gasteiger partial charge in [0.1, 0.15) is 23.3 Å². The molecule has 0 spiro atoms. The van der Waals surface area contributed by atoms with Gasteiger partial charge in [-0.05, 0) is 19.1 Å². The molecule has 0 fully saturated rings. The third-order valence-electron chi connectivity index (χ3n) is 2.91. The van der Waals surface area contributed by atoms with E-state index in [1.807, 2.05) is 0 Å². The van der Waals surface area contributed by atoms with E-state index in [2.05, 4.69) is 14.7 Å². The number of nitrogens with zero attached hydrogens (tertiary/aromatic N) is 3. The fourth-order valence-corrected chi connectivity index (χ4v) is 2.87. The summed E-state index contributed by atoms with van der Waals surface area (Å²) < 4.78 is 52.7. The molecule has 0 unspecified atom stereocenters. The summed E-state index contributed by atoms with van der Waals surface area (Å²) in [5.41, 5.74) is 0.676. The Kier molecular flexibility index (Phi) is 4.90. The van der Waals surface area contributed by atoms with Crippen LogP contribution in [0.15, 0.2) is 29.2 Å². The number of halogens is 2. The summed E-state index contributed by atoms with van der Waals surface area (Å²) in [5, 5.41) is 0. The molecule has 0 atom stereocenters. The maximum atomic E-state index is 13.2. The number of benzene rings is 1. The first-order chi connectivity index (χ1) is 10.7. The molecule has 1 N–H and O–H groups in total. The molecule has 0 aliphatic carbocycles. The van der Waals surface area contributed by atoms with E-state index in [0.717, 1.165) is 12.1 Å². The highest BCUT2D eigenvalue weighted by atomic mass is 32.2. The van der Waals surface area contributed by atoms with Gasteiger partial charge < -0.3 is 4.90 Å². The number of rotatable bonds is 5. The lowest BCUT2D eigenvalue weighted by Crippen LogP contribution is -2.25. The Labute approximate surface area is 133 Å². The number of hydrogen-bond acceptors (Lipinski definition) is 5. The van der Waals surface area contributed by atoms with Crippen molar-refractivity contribution in [3.63, 3.8) is 0 Å². The molecule has 9 heteroatoms. The van der Waals surface area contributed by atoms with Crippen LogP contribution < -0.4 is 9.62 Å². The van der Waals surface area contributed by atoms with E-state index in [1.165, 1.54) is 0 Å². The van der Waals surface area contributed by atoms with Gasteiger partial charge in [0, 0.05) is 31.9 Å². The molecular weight excluding hydrogens is 326 g/mol. The van der Waals surface area contributed by atoms with Crippen molar-refractivity contribution in [3.8, 4) is 0 Å². The van der Waals surface area contributed by atoms with Gasteiger partial charge in [0.15, 0.2) is 0 Å². The van der Waals surface area contributed by atoms with Gasteiger partial charge in [-0.2, -0.15) is 0 Å². The van der Waals surface area contributed by atoms with Crippen LogP contribution in [-0.4, -0.2) is 32.5 Å². The van der Waals surface area contributed by atoms with E-state index in [1.54, 1.807) is 32.0 Å². The zero-order valence-electron chi connectivity index (χ0n) is 12.8. The summed E-state index contributed by atoms with van der Waals surface area (Å²) in [6.07, 6.45) is 0. The highest BCUT2D eigenvalue weighted by molar-refractivity contribution is 7.89. The van der Waals surface area contributed by atoms with E-state index in [4.69, 9.17) is 0 Å². The third kappa shape index (κ3) is 4.42. The molecule has 1 aromatic heterocycles. The Balaban J connectivity index is 2.22. The van der Waals surface area contributed by atoms with Crippen LogP contribution in [0.3, 0.4) is 0 Å². The Hall–Kier alpha value is -2.13. The normalized spacial score (nSPS) is 11.5. The summed E-state index contributed by atoms with van der Waals surface area (Å²) in [4.78, 5) is 9.61. The van der Waals surface area contributed by atoms with Crippen molar-refractivity contribution < 1.29 is 17.2 Å². The second-order valence-electron chi connectivity index (χ2n) is 5.11. The van der Waals surface area contributed by atoms with Crippen molar-refractivity contribution in [2.75, 3.05) is 19.0 Å². The SMILES string of the molecule is Cc1cc(N(C)C)nc(CNS(=O)(=O)c2cc(F)cc(F)c2)n1. The molecule has 0 saturated heterocycles. The molecule has 0 bridgehead atoms. The molecule has 23 heavy (non-hydrogen) atoms. The molecular formula is C14H16F2N4O2S. The average Bonchev–Trinajstić information content (AvgIpc) is 2.43. The largest absolute Gasteiger partial charge is 0.363 e. The minimum absolute atomic E-state index is 0.191. The number of aromatic nitrogens is 2. The van der Waals surface area contributed by atoms with Crippen molar-refractivity contribution in [2.24, 2.45) is 0 Å². The van der Waals surface area contributed by atoms with Crippen LogP contribution >= 0.6 is 0 Å². The standard InChI is InChI=1S/C14H16F2N4O2S/c1-9-4-14(20(2)3)19-13(18-9)8-17-23(21,22)12-6-10(15)5-11(16)7-12/h4-7,17H,8H2,1-3H3. The number of anilines is 1. The first-order valence-electron chi connectivity index (χ1n) is 6.65. The zero-order valence-corrected chi connectivity index (χ0v) is 13.7. The van der Waals surface area contributed by atoms with Crippen LogP contribution in [0.25, 0.3) is 0 Å². The first kappa shape index (κ1) is 17.2. The lowest BCUT2D eigenvalue weighted by molar-refractivity contribution is 0.560. The molecule has 0 radical (unpaired) electrons. The average molecular weight is 342 g/mol. The van der Waals surface area contributed by atoms with Gasteiger partial charge >= 0.3 is 0 Å². The van der Waals surface area contributed by atoms with E-state index in [9.17, 15) is 17.2 Å². The highest BCUT2D eigenvalue weighted by Crippen LogP contribution is 2.14. The van der Waals surface area contributed by atoms with Crippen LogP contribution in [-0.2, 0) is 16.6 Å².